The predicted molar refractivity (Wildman–Crippen MR) is 55.7 cm³/mol. The first-order chi connectivity index (χ1) is 6.66. The fraction of sp³-hybridized carbons (Fsp3) is 0.909. The van der Waals surface area contributed by atoms with Gasteiger partial charge in [0.05, 0.1) is 7.11 Å². The topological polar surface area (TPSA) is 52.3 Å². The Labute approximate surface area is 86.0 Å². The minimum Gasteiger partial charge on any atom is -0.468 e. The van der Waals surface area contributed by atoms with Crippen molar-refractivity contribution >= 4 is 5.97 Å². The van der Waals surface area contributed by atoms with Crippen molar-refractivity contribution in [2.45, 2.75) is 45.1 Å². The molecule has 14 heavy (non-hydrogen) atoms. The molecule has 0 saturated heterocycles. The maximum absolute atomic E-state index is 11.2. The molecule has 1 rings (SSSR count). The number of carbonyl (C=O) groups is 1. The van der Waals surface area contributed by atoms with E-state index in [-0.39, 0.29) is 11.9 Å². The summed E-state index contributed by atoms with van der Waals surface area (Å²) in [4.78, 5) is 11.2. The number of hydrogen-bond acceptors (Lipinski definition) is 3. The second-order valence-corrected chi connectivity index (χ2v) is 4.31. The van der Waals surface area contributed by atoms with Crippen molar-refractivity contribution in [3.05, 3.63) is 0 Å². The van der Waals surface area contributed by atoms with Crippen molar-refractivity contribution in [2.75, 3.05) is 7.11 Å². The van der Waals surface area contributed by atoms with Crippen LogP contribution in [0.3, 0.4) is 0 Å². The summed E-state index contributed by atoms with van der Waals surface area (Å²) >= 11 is 0. The van der Waals surface area contributed by atoms with Gasteiger partial charge in [0, 0.05) is 0 Å². The summed E-state index contributed by atoms with van der Waals surface area (Å²) in [5.41, 5.74) is 5.83. The molecule has 82 valence electrons. The van der Waals surface area contributed by atoms with Gasteiger partial charge in [-0.1, -0.05) is 39.0 Å². The molecule has 3 nitrogen and oxygen atoms in total. The van der Waals surface area contributed by atoms with E-state index in [4.69, 9.17) is 5.73 Å². The van der Waals surface area contributed by atoms with E-state index in [2.05, 4.69) is 11.7 Å². The Morgan fingerprint density at radius 3 is 2.43 bits per heavy atom. The summed E-state index contributed by atoms with van der Waals surface area (Å²) in [6.45, 7) is 2.07. The van der Waals surface area contributed by atoms with Crippen LogP contribution in [0.2, 0.25) is 0 Å². The summed E-state index contributed by atoms with van der Waals surface area (Å²) in [7, 11) is 1.40. The van der Waals surface area contributed by atoms with Crippen molar-refractivity contribution in [1.82, 2.24) is 0 Å². The van der Waals surface area contributed by atoms with Crippen molar-refractivity contribution in [3.8, 4) is 0 Å². The van der Waals surface area contributed by atoms with Gasteiger partial charge < -0.3 is 10.5 Å². The van der Waals surface area contributed by atoms with Crippen molar-refractivity contribution in [3.63, 3.8) is 0 Å². The number of hydrogen-bond donors (Lipinski definition) is 1. The third-order valence-electron chi connectivity index (χ3n) is 3.43. The molecule has 0 aromatic carbocycles. The van der Waals surface area contributed by atoms with Gasteiger partial charge in [0.1, 0.15) is 6.04 Å². The number of nitrogens with two attached hydrogens (primary N) is 1. The first kappa shape index (κ1) is 11.5. The Hall–Kier alpha value is -0.570. The maximum Gasteiger partial charge on any atom is 0.322 e. The van der Waals surface area contributed by atoms with Crippen LogP contribution in [-0.4, -0.2) is 19.1 Å². The zero-order valence-electron chi connectivity index (χ0n) is 9.16. The minimum absolute atomic E-state index is 0.253. The van der Waals surface area contributed by atoms with Crippen LogP contribution in [0.4, 0.5) is 0 Å². The highest BCUT2D eigenvalue weighted by Crippen LogP contribution is 2.31. The number of carbonyl (C=O) groups excluding carboxylic acids is 1. The fourth-order valence-electron chi connectivity index (χ4n) is 2.30. The molecule has 2 N–H and O–H groups in total. The molecule has 0 heterocycles. The highest BCUT2D eigenvalue weighted by Gasteiger charge is 2.29. The minimum atomic E-state index is -0.442. The van der Waals surface area contributed by atoms with Gasteiger partial charge in [-0.25, -0.2) is 0 Å². The van der Waals surface area contributed by atoms with Crippen molar-refractivity contribution in [2.24, 2.45) is 17.6 Å². The Kier molecular flexibility index (Phi) is 4.39. The molecule has 1 aliphatic rings. The van der Waals surface area contributed by atoms with Crippen molar-refractivity contribution in [1.29, 1.82) is 0 Å². The lowest BCUT2D eigenvalue weighted by Gasteiger charge is -2.30. The van der Waals surface area contributed by atoms with Gasteiger partial charge in [0.15, 0.2) is 0 Å². The molecule has 0 radical (unpaired) electrons. The van der Waals surface area contributed by atoms with Crippen LogP contribution in [0.15, 0.2) is 0 Å². The number of methoxy groups -OCH3 is 1. The predicted octanol–water partition coefficient (Wildman–Crippen LogP) is 1.70. The van der Waals surface area contributed by atoms with E-state index in [1.165, 1.54) is 39.2 Å². The number of esters is 1. The molecule has 0 aliphatic heterocycles. The van der Waals surface area contributed by atoms with Gasteiger partial charge in [0.25, 0.3) is 0 Å². The van der Waals surface area contributed by atoms with E-state index in [0.717, 1.165) is 0 Å². The van der Waals surface area contributed by atoms with Crippen LogP contribution in [0.1, 0.15) is 39.0 Å². The van der Waals surface area contributed by atoms with Gasteiger partial charge in [-0.15, -0.1) is 0 Å². The third-order valence-corrected chi connectivity index (χ3v) is 3.43. The Bertz CT molecular complexity index is 188. The average molecular weight is 199 g/mol. The third kappa shape index (κ3) is 2.71. The van der Waals surface area contributed by atoms with Gasteiger partial charge in [0.2, 0.25) is 0 Å². The summed E-state index contributed by atoms with van der Waals surface area (Å²) < 4.78 is 4.66. The first-order valence-electron chi connectivity index (χ1n) is 5.50. The normalized spacial score (nSPS) is 22.8. The summed E-state index contributed by atoms with van der Waals surface area (Å²) in [5, 5.41) is 0. The molecular formula is C11H21NO2. The smallest absolute Gasteiger partial charge is 0.322 e. The van der Waals surface area contributed by atoms with E-state index in [1.807, 2.05) is 0 Å². The molecule has 3 heteroatoms. The van der Waals surface area contributed by atoms with Gasteiger partial charge in [-0.05, 0) is 11.8 Å². The van der Waals surface area contributed by atoms with E-state index in [9.17, 15) is 4.79 Å². The fourth-order valence-corrected chi connectivity index (χ4v) is 2.30. The van der Waals surface area contributed by atoms with Crippen LogP contribution in [0.25, 0.3) is 0 Å². The SMILES string of the molecule is COC(=O)C(N)C(C)C1CCCCC1. The van der Waals surface area contributed by atoms with Crippen LogP contribution >= 0.6 is 0 Å². The highest BCUT2D eigenvalue weighted by molar-refractivity contribution is 5.75. The van der Waals surface area contributed by atoms with Crippen LogP contribution < -0.4 is 5.73 Å². The lowest BCUT2D eigenvalue weighted by atomic mass is 9.78. The molecule has 0 bridgehead atoms. The Morgan fingerprint density at radius 2 is 1.93 bits per heavy atom. The maximum atomic E-state index is 11.2. The summed E-state index contributed by atoms with van der Waals surface area (Å²) in [5.74, 6) is 0.587. The number of ether oxygens (including phenoxy) is 1. The average Bonchev–Trinajstić information content (AvgIpc) is 2.27. The van der Waals surface area contributed by atoms with Gasteiger partial charge in [-0.2, -0.15) is 0 Å². The largest absolute Gasteiger partial charge is 0.468 e. The molecule has 0 aromatic rings. The molecule has 1 fully saturated rings. The number of rotatable bonds is 3. The van der Waals surface area contributed by atoms with E-state index in [1.54, 1.807) is 0 Å². The molecule has 2 unspecified atom stereocenters. The monoisotopic (exact) mass is 199 g/mol. The lowest BCUT2D eigenvalue weighted by molar-refractivity contribution is -0.144. The van der Waals surface area contributed by atoms with Gasteiger partial charge >= 0.3 is 5.97 Å². The first-order valence-corrected chi connectivity index (χ1v) is 5.50. The standard InChI is InChI=1S/C11H21NO2/c1-8(10(12)11(13)14-2)9-6-4-3-5-7-9/h8-10H,3-7,12H2,1-2H3. The lowest BCUT2D eigenvalue weighted by Crippen LogP contribution is -2.41. The van der Waals surface area contributed by atoms with Crippen molar-refractivity contribution < 1.29 is 9.53 Å². The zero-order chi connectivity index (χ0) is 10.6. The van der Waals surface area contributed by atoms with E-state index in [0.29, 0.717) is 5.92 Å². The molecule has 0 aromatic heterocycles. The quantitative estimate of drug-likeness (QED) is 0.704. The summed E-state index contributed by atoms with van der Waals surface area (Å²) in [6, 6.07) is -0.442. The second kappa shape index (κ2) is 5.35. The highest BCUT2D eigenvalue weighted by atomic mass is 16.5. The Balaban J connectivity index is 2.45. The second-order valence-electron chi connectivity index (χ2n) is 4.31. The molecular weight excluding hydrogens is 178 g/mol. The van der Waals surface area contributed by atoms with Crippen LogP contribution in [0.5, 0.6) is 0 Å². The molecule has 1 saturated carbocycles. The van der Waals surface area contributed by atoms with E-state index < -0.39 is 6.04 Å². The van der Waals surface area contributed by atoms with Crippen LogP contribution in [0, 0.1) is 11.8 Å². The van der Waals surface area contributed by atoms with E-state index >= 15 is 0 Å². The molecule has 0 spiro atoms. The molecule has 1 aliphatic carbocycles. The summed E-state index contributed by atoms with van der Waals surface area (Å²) in [6.07, 6.45) is 6.32. The van der Waals surface area contributed by atoms with Crippen LogP contribution in [-0.2, 0) is 9.53 Å². The Morgan fingerprint density at radius 1 is 1.36 bits per heavy atom. The molecule has 2 atom stereocenters. The zero-order valence-corrected chi connectivity index (χ0v) is 9.16. The van der Waals surface area contributed by atoms with Gasteiger partial charge in [-0.3, -0.25) is 4.79 Å². The molecule has 0 amide bonds.